The second-order valence-corrected chi connectivity index (χ2v) is 4.43. The van der Waals surface area contributed by atoms with E-state index >= 15 is 0 Å². The second-order valence-electron chi connectivity index (χ2n) is 4.43. The van der Waals surface area contributed by atoms with Gasteiger partial charge >= 0.3 is 0 Å². The van der Waals surface area contributed by atoms with E-state index in [1.54, 1.807) is 18.5 Å². The number of nitrogens with zero attached hydrogens (tertiary/aromatic N) is 2. The van der Waals surface area contributed by atoms with Crippen molar-refractivity contribution in [2.24, 2.45) is 5.92 Å². The molecule has 1 aromatic carbocycles. The first-order valence-electron chi connectivity index (χ1n) is 5.78. The summed E-state index contributed by atoms with van der Waals surface area (Å²) in [5, 5.41) is 13.0. The van der Waals surface area contributed by atoms with Crippen LogP contribution in [0, 0.1) is 16.0 Å². The van der Waals surface area contributed by atoms with E-state index in [1.165, 1.54) is 0 Å². The zero-order valence-corrected chi connectivity index (χ0v) is 10.3. The SMILES string of the molecule is CC(C)/C(=C/c1cncc2ccccc12)[N+](=O)[O-]. The lowest BCUT2D eigenvalue weighted by Gasteiger charge is -2.04. The molecule has 0 amide bonds. The highest BCUT2D eigenvalue weighted by atomic mass is 16.6. The van der Waals surface area contributed by atoms with E-state index in [4.69, 9.17) is 0 Å². The number of allylic oxidation sites excluding steroid dienone is 1. The van der Waals surface area contributed by atoms with Crippen LogP contribution in [0.3, 0.4) is 0 Å². The third-order valence-electron chi connectivity index (χ3n) is 2.80. The smallest absolute Gasteiger partial charge is 0.249 e. The number of aromatic nitrogens is 1. The van der Waals surface area contributed by atoms with Gasteiger partial charge in [0.1, 0.15) is 0 Å². The number of hydrogen-bond donors (Lipinski definition) is 0. The van der Waals surface area contributed by atoms with Gasteiger partial charge in [0.15, 0.2) is 0 Å². The molecule has 0 fully saturated rings. The summed E-state index contributed by atoms with van der Waals surface area (Å²) in [4.78, 5) is 14.8. The molecule has 0 aliphatic rings. The van der Waals surface area contributed by atoms with Gasteiger partial charge in [0.05, 0.1) is 4.92 Å². The Morgan fingerprint density at radius 1 is 1.33 bits per heavy atom. The maximum atomic E-state index is 11.0. The molecule has 0 radical (unpaired) electrons. The molecule has 4 heteroatoms. The number of pyridine rings is 1. The number of hydrogen-bond acceptors (Lipinski definition) is 3. The number of nitro groups is 1. The van der Waals surface area contributed by atoms with Crippen LogP contribution in [0.2, 0.25) is 0 Å². The lowest BCUT2D eigenvalue weighted by Crippen LogP contribution is -2.05. The van der Waals surface area contributed by atoms with Gasteiger partial charge in [-0.1, -0.05) is 38.1 Å². The third-order valence-corrected chi connectivity index (χ3v) is 2.80. The van der Waals surface area contributed by atoms with E-state index in [9.17, 15) is 10.1 Å². The van der Waals surface area contributed by atoms with Gasteiger partial charge in [0, 0.05) is 35.3 Å². The molecule has 0 N–H and O–H groups in total. The topological polar surface area (TPSA) is 56.0 Å². The Kier molecular flexibility index (Phi) is 3.37. The van der Waals surface area contributed by atoms with Gasteiger partial charge in [-0.05, 0) is 5.39 Å². The van der Waals surface area contributed by atoms with Gasteiger partial charge in [0.25, 0.3) is 0 Å². The quantitative estimate of drug-likeness (QED) is 0.611. The number of benzene rings is 1. The van der Waals surface area contributed by atoms with Crippen LogP contribution < -0.4 is 0 Å². The third kappa shape index (κ3) is 2.37. The highest BCUT2D eigenvalue weighted by Crippen LogP contribution is 2.22. The van der Waals surface area contributed by atoms with Gasteiger partial charge in [0.2, 0.25) is 5.70 Å². The Hall–Kier alpha value is -2.23. The maximum Gasteiger partial charge on any atom is 0.249 e. The standard InChI is InChI=1S/C14H14N2O2/c1-10(2)14(16(17)18)7-12-9-15-8-11-5-3-4-6-13(11)12/h3-10H,1-2H3/b14-7-. The molecule has 1 aromatic heterocycles. The minimum Gasteiger partial charge on any atom is -0.263 e. The Labute approximate surface area is 105 Å². The van der Waals surface area contributed by atoms with Crippen molar-refractivity contribution in [3.05, 3.63) is 58.0 Å². The second kappa shape index (κ2) is 4.96. The Balaban J connectivity index is 2.61. The highest BCUT2D eigenvalue weighted by molar-refractivity contribution is 5.89. The highest BCUT2D eigenvalue weighted by Gasteiger charge is 2.16. The molecule has 0 aliphatic carbocycles. The molecule has 0 saturated heterocycles. The van der Waals surface area contributed by atoms with E-state index in [0.717, 1.165) is 16.3 Å². The fourth-order valence-electron chi connectivity index (χ4n) is 1.84. The molecule has 0 bridgehead atoms. The summed E-state index contributed by atoms with van der Waals surface area (Å²) in [7, 11) is 0. The van der Waals surface area contributed by atoms with Crippen molar-refractivity contribution in [1.29, 1.82) is 0 Å². The molecule has 2 aromatic rings. The largest absolute Gasteiger partial charge is 0.263 e. The molecule has 0 spiro atoms. The van der Waals surface area contributed by atoms with E-state index in [1.807, 2.05) is 38.1 Å². The van der Waals surface area contributed by atoms with Crippen molar-refractivity contribution in [3.8, 4) is 0 Å². The summed E-state index contributed by atoms with van der Waals surface area (Å²) in [6.45, 7) is 3.63. The van der Waals surface area contributed by atoms with Crippen molar-refractivity contribution in [2.75, 3.05) is 0 Å². The molecule has 18 heavy (non-hydrogen) atoms. The van der Waals surface area contributed by atoms with Gasteiger partial charge in [-0.3, -0.25) is 15.1 Å². The first kappa shape index (κ1) is 12.2. The molecule has 1 heterocycles. The maximum absolute atomic E-state index is 11.0. The summed E-state index contributed by atoms with van der Waals surface area (Å²) in [5.41, 5.74) is 0.988. The van der Waals surface area contributed by atoms with Crippen LogP contribution in [0.5, 0.6) is 0 Å². The summed E-state index contributed by atoms with van der Waals surface area (Å²) in [5.74, 6) is -0.126. The summed E-state index contributed by atoms with van der Waals surface area (Å²) in [6.07, 6.45) is 5.03. The molecular formula is C14H14N2O2. The predicted octanol–water partition coefficient (Wildman–Crippen LogP) is 3.51. The van der Waals surface area contributed by atoms with Crippen LogP contribution >= 0.6 is 0 Å². The first-order valence-corrected chi connectivity index (χ1v) is 5.78. The summed E-state index contributed by atoms with van der Waals surface area (Å²) in [6, 6.07) is 7.73. The minimum absolute atomic E-state index is 0.126. The van der Waals surface area contributed by atoms with E-state index < -0.39 is 0 Å². The van der Waals surface area contributed by atoms with Crippen molar-refractivity contribution >= 4 is 16.8 Å². The zero-order chi connectivity index (χ0) is 13.1. The molecule has 2 rings (SSSR count). The van der Waals surface area contributed by atoms with Crippen LogP contribution in [0.4, 0.5) is 0 Å². The van der Waals surface area contributed by atoms with Crippen molar-refractivity contribution in [3.63, 3.8) is 0 Å². The molecule has 0 atom stereocenters. The monoisotopic (exact) mass is 242 g/mol. The van der Waals surface area contributed by atoms with Crippen molar-refractivity contribution < 1.29 is 4.92 Å². The predicted molar refractivity (Wildman–Crippen MR) is 71.6 cm³/mol. The molecule has 0 unspecified atom stereocenters. The van der Waals surface area contributed by atoms with Crippen molar-refractivity contribution in [2.45, 2.75) is 13.8 Å². The molecule has 92 valence electrons. The van der Waals surface area contributed by atoms with Gasteiger partial charge < -0.3 is 0 Å². The van der Waals surface area contributed by atoms with Gasteiger partial charge in [-0.25, -0.2) is 0 Å². The average Bonchev–Trinajstić information content (AvgIpc) is 2.35. The van der Waals surface area contributed by atoms with Crippen molar-refractivity contribution in [1.82, 2.24) is 4.98 Å². The fourth-order valence-corrected chi connectivity index (χ4v) is 1.84. The summed E-state index contributed by atoms with van der Waals surface area (Å²) < 4.78 is 0. The van der Waals surface area contributed by atoms with E-state index in [2.05, 4.69) is 4.98 Å². The Morgan fingerprint density at radius 3 is 2.72 bits per heavy atom. The van der Waals surface area contributed by atoms with Crippen LogP contribution in [0.1, 0.15) is 19.4 Å². The lowest BCUT2D eigenvalue weighted by molar-refractivity contribution is -0.431. The molecule has 0 saturated carbocycles. The van der Waals surface area contributed by atoms with Crippen LogP contribution in [0.25, 0.3) is 16.8 Å². The zero-order valence-electron chi connectivity index (χ0n) is 10.3. The first-order chi connectivity index (χ1) is 8.59. The normalized spacial score (nSPS) is 12.1. The van der Waals surface area contributed by atoms with Crippen LogP contribution in [-0.2, 0) is 0 Å². The molecular weight excluding hydrogens is 228 g/mol. The van der Waals surface area contributed by atoms with Gasteiger partial charge in [-0.2, -0.15) is 0 Å². The average molecular weight is 242 g/mol. The van der Waals surface area contributed by atoms with Crippen LogP contribution in [-0.4, -0.2) is 9.91 Å². The van der Waals surface area contributed by atoms with Crippen LogP contribution in [0.15, 0.2) is 42.4 Å². The molecule has 4 nitrogen and oxygen atoms in total. The summed E-state index contributed by atoms with van der Waals surface area (Å²) >= 11 is 0. The Morgan fingerprint density at radius 2 is 2.06 bits per heavy atom. The number of fused-ring (bicyclic) bond motifs is 1. The Bertz CT molecular complexity index is 613. The minimum atomic E-state index is -0.327. The fraction of sp³-hybridized carbons (Fsp3) is 0.214. The lowest BCUT2D eigenvalue weighted by atomic mass is 10.0. The molecule has 0 aliphatic heterocycles. The van der Waals surface area contributed by atoms with E-state index in [-0.39, 0.29) is 16.5 Å². The van der Waals surface area contributed by atoms with Gasteiger partial charge in [-0.15, -0.1) is 0 Å². The number of rotatable bonds is 3. The van der Waals surface area contributed by atoms with E-state index in [0.29, 0.717) is 0 Å².